The summed E-state index contributed by atoms with van der Waals surface area (Å²) in [5, 5.41) is 0. The molecule has 220 valence electrons. The fraction of sp³-hybridized carbons (Fsp3) is 0.667. The zero-order valence-electron chi connectivity index (χ0n) is 25.1. The predicted molar refractivity (Wildman–Crippen MR) is 148 cm³/mol. The van der Waals surface area contributed by atoms with Gasteiger partial charge in [-0.2, -0.15) is 0 Å². The van der Waals surface area contributed by atoms with Crippen LogP contribution in [-0.2, 0) is 35.1 Å². The van der Waals surface area contributed by atoms with Crippen LogP contribution in [-0.4, -0.2) is 43.1 Å². The summed E-state index contributed by atoms with van der Waals surface area (Å²) in [4.78, 5) is 50.5. The van der Waals surface area contributed by atoms with Gasteiger partial charge in [0.15, 0.2) is 11.5 Å². The molecule has 2 atom stereocenters. The molecule has 1 aromatic carbocycles. The number of carbonyl (C=O) groups excluding carboxylic acids is 4. The van der Waals surface area contributed by atoms with Crippen molar-refractivity contribution in [3.05, 3.63) is 23.8 Å². The number of ether oxygens (including phenoxy) is 4. The second-order valence-corrected chi connectivity index (χ2v) is 11.5. The topological polar surface area (TPSA) is 131 Å². The normalized spacial score (nSPS) is 14.1. The maximum Gasteiger partial charge on any atom is 0.326 e. The summed E-state index contributed by atoms with van der Waals surface area (Å²) in [5.41, 5.74) is 3.98. The lowest BCUT2D eigenvalue weighted by Gasteiger charge is -2.27. The van der Waals surface area contributed by atoms with E-state index in [1.165, 1.54) is 19.2 Å². The van der Waals surface area contributed by atoms with Gasteiger partial charge >= 0.3 is 23.9 Å². The fourth-order valence-corrected chi connectivity index (χ4v) is 3.26. The van der Waals surface area contributed by atoms with Crippen molar-refractivity contribution in [1.29, 1.82) is 0 Å². The molecule has 0 aliphatic carbocycles. The van der Waals surface area contributed by atoms with Gasteiger partial charge in [-0.3, -0.25) is 19.2 Å². The highest BCUT2D eigenvalue weighted by molar-refractivity contribution is 5.82. The highest BCUT2D eigenvalue weighted by Crippen LogP contribution is 2.35. The molecule has 1 aromatic rings. The van der Waals surface area contributed by atoms with E-state index in [1.807, 2.05) is 27.7 Å². The summed E-state index contributed by atoms with van der Waals surface area (Å²) in [6.07, 6.45) is 2.24. The molecular formula is C30H47NO8. The molecule has 0 spiro atoms. The van der Waals surface area contributed by atoms with Crippen molar-refractivity contribution in [2.75, 3.05) is 13.7 Å². The number of nitrogens with two attached hydrogens (primary N) is 1. The van der Waals surface area contributed by atoms with Gasteiger partial charge in [0.1, 0.15) is 5.54 Å². The van der Waals surface area contributed by atoms with Crippen LogP contribution in [0.5, 0.6) is 11.5 Å². The Kier molecular flexibility index (Phi) is 12.6. The Balaban J connectivity index is 3.29. The number of hydrogen-bond acceptors (Lipinski definition) is 9. The Bertz CT molecular complexity index is 1020. The highest BCUT2D eigenvalue weighted by atomic mass is 16.6. The van der Waals surface area contributed by atoms with Gasteiger partial charge in [-0.25, -0.2) is 0 Å². The Morgan fingerprint density at radius 3 is 1.90 bits per heavy atom. The van der Waals surface area contributed by atoms with E-state index in [-0.39, 0.29) is 49.3 Å². The molecule has 9 heteroatoms. The Hall–Kier alpha value is -2.94. The van der Waals surface area contributed by atoms with Crippen LogP contribution in [0, 0.1) is 16.7 Å². The molecule has 2 N–H and O–H groups in total. The standard InChI is InChI=1S/C30H47NO8/c1-10-20(4)17-24(32)37-16-15-30(31,27(35)36-9)19-21-13-14-22(38-25(33)28(5,6)11-2)23(18-21)39-26(34)29(7,8)12-3/h13-14,18,20H,10-12,15-17,19,31H2,1-9H3/t20?,30-/m1/s1. The highest BCUT2D eigenvalue weighted by Gasteiger charge is 2.37. The molecule has 39 heavy (non-hydrogen) atoms. The molecule has 0 saturated heterocycles. The zero-order valence-corrected chi connectivity index (χ0v) is 25.1. The Morgan fingerprint density at radius 2 is 1.41 bits per heavy atom. The van der Waals surface area contributed by atoms with Gasteiger partial charge in [0.05, 0.1) is 24.5 Å². The van der Waals surface area contributed by atoms with E-state index in [0.29, 0.717) is 18.4 Å². The SMILES string of the molecule is CCC(C)CC(=O)OCC[C@@](N)(Cc1ccc(OC(=O)C(C)(C)CC)c(OC(=O)C(C)(C)CC)c1)C(=O)OC. The van der Waals surface area contributed by atoms with Crippen molar-refractivity contribution < 1.29 is 38.1 Å². The van der Waals surface area contributed by atoms with Crippen LogP contribution < -0.4 is 15.2 Å². The number of benzene rings is 1. The van der Waals surface area contributed by atoms with E-state index in [0.717, 1.165) is 6.42 Å². The van der Waals surface area contributed by atoms with Crippen LogP contribution in [0.25, 0.3) is 0 Å². The van der Waals surface area contributed by atoms with E-state index in [9.17, 15) is 19.2 Å². The lowest BCUT2D eigenvalue weighted by atomic mass is 9.88. The maximum absolute atomic E-state index is 12.9. The van der Waals surface area contributed by atoms with Crippen LogP contribution in [0.3, 0.4) is 0 Å². The predicted octanol–water partition coefficient (Wildman–Crippen LogP) is 5.15. The minimum atomic E-state index is -1.52. The second kappa shape index (κ2) is 14.4. The van der Waals surface area contributed by atoms with Gasteiger partial charge in [-0.15, -0.1) is 0 Å². The molecule has 0 radical (unpaired) electrons. The van der Waals surface area contributed by atoms with E-state index < -0.39 is 34.3 Å². The van der Waals surface area contributed by atoms with Gasteiger partial charge in [0.25, 0.3) is 0 Å². The van der Waals surface area contributed by atoms with Gasteiger partial charge in [-0.1, -0.05) is 40.2 Å². The number of carbonyl (C=O) groups is 4. The molecule has 0 aliphatic rings. The molecule has 0 amide bonds. The number of esters is 4. The van der Waals surface area contributed by atoms with E-state index in [4.69, 9.17) is 24.7 Å². The van der Waals surface area contributed by atoms with Gasteiger partial charge in [0, 0.05) is 19.3 Å². The molecule has 0 saturated carbocycles. The van der Waals surface area contributed by atoms with E-state index >= 15 is 0 Å². The van der Waals surface area contributed by atoms with E-state index in [1.54, 1.807) is 33.8 Å². The monoisotopic (exact) mass is 549 g/mol. The summed E-state index contributed by atoms with van der Waals surface area (Å²) < 4.78 is 21.6. The first-order chi connectivity index (χ1) is 18.0. The first-order valence-electron chi connectivity index (χ1n) is 13.7. The summed E-state index contributed by atoms with van der Waals surface area (Å²) in [6.45, 7) is 14.7. The number of methoxy groups -OCH3 is 1. The second-order valence-electron chi connectivity index (χ2n) is 11.5. The largest absolute Gasteiger partial charge is 0.468 e. The van der Waals surface area contributed by atoms with Crippen LogP contribution in [0.2, 0.25) is 0 Å². The molecule has 0 heterocycles. The van der Waals surface area contributed by atoms with Crippen molar-refractivity contribution in [3.63, 3.8) is 0 Å². The third kappa shape index (κ3) is 9.95. The van der Waals surface area contributed by atoms with Crippen LogP contribution in [0.15, 0.2) is 18.2 Å². The summed E-state index contributed by atoms with van der Waals surface area (Å²) in [6, 6.07) is 4.69. The van der Waals surface area contributed by atoms with Crippen molar-refractivity contribution >= 4 is 23.9 Å². The molecule has 9 nitrogen and oxygen atoms in total. The average Bonchev–Trinajstić information content (AvgIpc) is 2.89. The van der Waals surface area contributed by atoms with Gasteiger partial charge < -0.3 is 24.7 Å². The first-order valence-corrected chi connectivity index (χ1v) is 13.7. The van der Waals surface area contributed by atoms with Crippen molar-refractivity contribution in [2.24, 2.45) is 22.5 Å². The molecule has 1 rings (SSSR count). The quantitative estimate of drug-likeness (QED) is 0.233. The molecule has 1 unspecified atom stereocenters. The first kappa shape index (κ1) is 34.1. The van der Waals surface area contributed by atoms with Crippen molar-refractivity contribution in [1.82, 2.24) is 0 Å². The molecular weight excluding hydrogens is 502 g/mol. The van der Waals surface area contributed by atoms with Crippen LogP contribution in [0.4, 0.5) is 0 Å². The fourth-order valence-electron chi connectivity index (χ4n) is 3.26. The molecule has 0 aromatic heterocycles. The summed E-state index contributed by atoms with van der Waals surface area (Å²) in [7, 11) is 1.23. The third-order valence-electron chi connectivity index (χ3n) is 7.42. The lowest BCUT2D eigenvalue weighted by molar-refractivity contribution is -0.151. The molecule has 0 fully saturated rings. The molecule has 0 aliphatic heterocycles. The van der Waals surface area contributed by atoms with Gasteiger partial charge in [-0.05, 0) is 64.2 Å². The van der Waals surface area contributed by atoms with E-state index in [2.05, 4.69) is 0 Å². The average molecular weight is 550 g/mol. The number of rotatable bonds is 15. The zero-order chi connectivity index (χ0) is 30.0. The summed E-state index contributed by atoms with van der Waals surface area (Å²) >= 11 is 0. The smallest absolute Gasteiger partial charge is 0.326 e. The van der Waals surface area contributed by atoms with Crippen molar-refractivity contribution in [3.8, 4) is 11.5 Å². The Morgan fingerprint density at radius 1 is 0.872 bits per heavy atom. The minimum Gasteiger partial charge on any atom is -0.468 e. The van der Waals surface area contributed by atoms with Gasteiger partial charge in [0.2, 0.25) is 0 Å². The maximum atomic E-state index is 12.9. The third-order valence-corrected chi connectivity index (χ3v) is 7.42. The lowest BCUT2D eigenvalue weighted by Crippen LogP contribution is -2.51. The van der Waals surface area contributed by atoms with Crippen molar-refractivity contribution in [2.45, 2.75) is 99.5 Å². The molecule has 0 bridgehead atoms. The number of hydrogen-bond donors (Lipinski definition) is 1. The minimum absolute atomic E-state index is 0.00100. The van der Waals surface area contributed by atoms with Crippen LogP contribution in [0.1, 0.15) is 93.1 Å². The summed E-state index contributed by atoms with van der Waals surface area (Å²) in [5.74, 6) is -1.66. The van der Waals surface area contributed by atoms with Crippen LogP contribution >= 0.6 is 0 Å². The Labute approximate surface area is 233 Å².